The van der Waals surface area contributed by atoms with E-state index in [1.165, 1.54) is 24.8 Å². The fourth-order valence-electron chi connectivity index (χ4n) is 3.25. The summed E-state index contributed by atoms with van der Waals surface area (Å²) in [4.78, 5) is 16.9. The van der Waals surface area contributed by atoms with Gasteiger partial charge in [0.15, 0.2) is 0 Å². The summed E-state index contributed by atoms with van der Waals surface area (Å²) in [7, 11) is 2.07. The molecule has 0 bridgehead atoms. The molecule has 1 saturated heterocycles. The summed E-state index contributed by atoms with van der Waals surface area (Å²) in [6.45, 7) is 4.35. The van der Waals surface area contributed by atoms with Gasteiger partial charge in [0.25, 0.3) is 0 Å². The van der Waals surface area contributed by atoms with Crippen LogP contribution in [0.1, 0.15) is 37.7 Å². The van der Waals surface area contributed by atoms with Gasteiger partial charge in [-0.15, -0.1) is 0 Å². The molecule has 1 amide bonds. The van der Waals surface area contributed by atoms with Crippen LogP contribution < -0.4 is 0 Å². The Morgan fingerprint density at radius 2 is 2.19 bits per heavy atom. The third-order valence-electron chi connectivity index (χ3n) is 4.66. The fourth-order valence-corrected chi connectivity index (χ4v) is 3.25. The number of carbonyl (C=O) groups excluding carboxylic acids is 1. The van der Waals surface area contributed by atoms with Crippen molar-refractivity contribution in [1.29, 1.82) is 0 Å². The monoisotopic (exact) mass is 290 g/mol. The Balaban J connectivity index is 1.61. The summed E-state index contributed by atoms with van der Waals surface area (Å²) >= 11 is 0. The van der Waals surface area contributed by atoms with Crippen molar-refractivity contribution >= 4 is 5.91 Å². The molecule has 1 aliphatic carbocycles. The van der Waals surface area contributed by atoms with E-state index in [1.54, 1.807) is 0 Å². The lowest BCUT2D eigenvalue weighted by Crippen LogP contribution is -2.49. The lowest BCUT2D eigenvalue weighted by molar-refractivity contribution is -0.136. The van der Waals surface area contributed by atoms with E-state index < -0.39 is 0 Å². The number of hydrogen-bond donors (Lipinski definition) is 0. The maximum atomic E-state index is 12.6. The Morgan fingerprint density at radius 3 is 2.86 bits per heavy atom. The molecule has 0 N–H and O–H groups in total. The standard InChI is InChI=1S/C16H26N4O/c1-13-9-17-19(10-13)11-15-5-3-4-8-20(15)16(21)12-18(2)14-6-7-14/h9-10,14-15H,3-8,11-12H2,1-2H3/t15-/m0/s1. The number of nitrogens with zero attached hydrogens (tertiary/aromatic N) is 4. The van der Waals surface area contributed by atoms with E-state index in [-0.39, 0.29) is 5.91 Å². The summed E-state index contributed by atoms with van der Waals surface area (Å²) in [5, 5.41) is 4.37. The highest BCUT2D eigenvalue weighted by molar-refractivity contribution is 5.78. The minimum atomic E-state index is 0.290. The van der Waals surface area contributed by atoms with Gasteiger partial charge in [-0.25, -0.2) is 0 Å². The van der Waals surface area contributed by atoms with Crippen LogP contribution in [0.3, 0.4) is 0 Å². The van der Waals surface area contributed by atoms with Crippen molar-refractivity contribution in [2.24, 2.45) is 0 Å². The first-order chi connectivity index (χ1) is 10.1. The number of aryl methyl sites for hydroxylation is 1. The maximum Gasteiger partial charge on any atom is 0.237 e. The zero-order chi connectivity index (χ0) is 14.8. The topological polar surface area (TPSA) is 41.4 Å². The molecule has 0 spiro atoms. The molecular weight excluding hydrogens is 264 g/mol. The van der Waals surface area contributed by atoms with Gasteiger partial charge in [-0.3, -0.25) is 14.4 Å². The molecule has 1 aliphatic heterocycles. The molecule has 0 radical (unpaired) electrons. The average molecular weight is 290 g/mol. The first-order valence-corrected chi connectivity index (χ1v) is 8.12. The molecule has 5 heteroatoms. The first kappa shape index (κ1) is 14.6. The number of likely N-dealkylation sites (N-methyl/N-ethyl adjacent to an activating group) is 1. The van der Waals surface area contributed by atoms with E-state index in [9.17, 15) is 4.79 Å². The number of rotatable bonds is 5. The minimum Gasteiger partial charge on any atom is -0.337 e. The Bertz CT molecular complexity index is 494. The van der Waals surface area contributed by atoms with Gasteiger partial charge in [0.05, 0.1) is 25.3 Å². The van der Waals surface area contributed by atoms with Gasteiger partial charge in [0.1, 0.15) is 0 Å². The van der Waals surface area contributed by atoms with Crippen molar-refractivity contribution in [2.75, 3.05) is 20.1 Å². The molecule has 1 saturated carbocycles. The number of hydrogen-bond acceptors (Lipinski definition) is 3. The normalized spacial score (nSPS) is 22.8. The average Bonchev–Trinajstić information content (AvgIpc) is 3.24. The van der Waals surface area contributed by atoms with Crippen LogP contribution in [0.25, 0.3) is 0 Å². The summed E-state index contributed by atoms with van der Waals surface area (Å²) in [5.41, 5.74) is 1.18. The molecule has 0 aromatic carbocycles. The Morgan fingerprint density at radius 1 is 1.38 bits per heavy atom. The van der Waals surface area contributed by atoms with Crippen molar-refractivity contribution in [1.82, 2.24) is 19.6 Å². The van der Waals surface area contributed by atoms with Crippen molar-refractivity contribution in [3.8, 4) is 0 Å². The third-order valence-corrected chi connectivity index (χ3v) is 4.66. The Labute approximate surface area is 126 Å². The smallest absolute Gasteiger partial charge is 0.237 e. The maximum absolute atomic E-state index is 12.6. The van der Waals surface area contributed by atoms with Crippen LogP contribution in [-0.4, -0.2) is 57.7 Å². The molecule has 3 rings (SSSR count). The fraction of sp³-hybridized carbons (Fsp3) is 0.750. The SMILES string of the molecule is Cc1cnn(C[C@@H]2CCCCN2C(=O)CN(C)C2CC2)c1. The van der Waals surface area contributed by atoms with Crippen molar-refractivity contribution in [3.63, 3.8) is 0 Å². The molecule has 116 valence electrons. The van der Waals surface area contributed by atoms with Gasteiger partial charge in [-0.05, 0) is 51.6 Å². The molecular formula is C16H26N4O. The summed E-state index contributed by atoms with van der Waals surface area (Å²) < 4.78 is 1.98. The minimum absolute atomic E-state index is 0.290. The molecule has 2 heterocycles. The molecule has 2 aliphatic rings. The molecule has 0 unspecified atom stereocenters. The van der Waals surface area contributed by atoms with Crippen molar-refractivity contribution < 1.29 is 4.79 Å². The number of aromatic nitrogens is 2. The van der Waals surface area contributed by atoms with Crippen molar-refractivity contribution in [2.45, 2.75) is 57.7 Å². The predicted octanol–water partition coefficient (Wildman–Crippen LogP) is 1.67. The van der Waals surface area contributed by atoms with E-state index in [4.69, 9.17) is 0 Å². The number of piperidine rings is 1. The molecule has 1 aromatic rings. The van der Waals surface area contributed by atoms with Crippen LogP contribution in [0.5, 0.6) is 0 Å². The van der Waals surface area contributed by atoms with Crippen LogP contribution in [0, 0.1) is 6.92 Å². The van der Waals surface area contributed by atoms with Gasteiger partial charge in [0.2, 0.25) is 5.91 Å². The molecule has 21 heavy (non-hydrogen) atoms. The largest absolute Gasteiger partial charge is 0.337 e. The third kappa shape index (κ3) is 3.64. The summed E-state index contributed by atoms with van der Waals surface area (Å²) in [5.74, 6) is 0.290. The van der Waals surface area contributed by atoms with E-state index in [0.29, 0.717) is 18.6 Å². The number of carbonyl (C=O) groups is 1. The molecule has 2 fully saturated rings. The van der Waals surface area contributed by atoms with E-state index in [0.717, 1.165) is 25.9 Å². The zero-order valence-corrected chi connectivity index (χ0v) is 13.2. The highest BCUT2D eigenvalue weighted by Gasteiger charge is 2.31. The van der Waals surface area contributed by atoms with Crippen LogP contribution >= 0.6 is 0 Å². The summed E-state index contributed by atoms with van der Waals surface area (Å²) in [6, 6.07) is 0.948. The molecule has 1 atom stereocenters. The van der Waals surface area contributed by atoms with E-state index >= 15 is 0 Å². The predicted molar refractivity (Wildman–Crippen MR) is 82.0 cm³/mol. The molecule has 1 aromatic heterocycles. The van der Waals surface area contributed by atoms with Crippen LogP contribution in [0.15, 0.2) is 12.4 Å². The van der Waals surface area contributed by atoms with Gasteiger partial charge >= 0.3 is 0 Å². The lowest BCUT2D eigenvalue weighted by atomic mass is 10.0. The van der Waals surface area contributed by atoms with Gasteiger partial charge in [-0.2, -0.15) is 5.10 Å². The van der Waals surface area contributed by atoms with Crippen molar-refractivity contribution in [3.05, 3.63) is 18.0 Å². The van der Waals surface area contributed by atoms with E-state index in [2.05, 4.69) is 35.1 Å². The highest BCUT2D eigenvalue weighted by Crippen LogP contribution is 2.26. The highest BCUT2D eigenvalue weighted by atomic mass is 16.2. The van der Waals surface area contributed by atoms with Gasteiger partial charge in [0, 0.05) is 18.8 Å². The number of likely N-dealkylation sites (tertiary alicyclic amines) is 1. The quantitative estimate of drug-likeness (QED) is 0.828. The van der Waals surface area contributed by atoms with Gasteiger partial charge in [-0.1, -0.05) is 0 Å². The second-order valence-corrected chi connectivity index (χ2v) is 6.62. The van der Waals surface area contributed by atoms with Crippen LogP contribution in [0.2, 0.25) is 0 Å². The van der Waals surface area contributed by atoms with Crippen LogP contribution in [-0.2, 0) is 11.3 Å². The van der Waals surface area contributed by atoms with E-state index in [1.807, 2.05) is 10.9 Å². The molecule has 5 nitrogen and oxygen atoms in total. The number of amides is 1. The summed E-state index contributed by atoms with van der Waals surface area (Å²) in [6.07, 6.45) is 9.89. The Hall–Kier alpha value is -1.36. The lowest BCUT2D eigenvalue weighted by Gasteiger charge is -2.36. The second-order valence-electron chi connectivity index (χ2n) is 6.62. The zero-order valence-electron chi connectivity index (χ0n) is 13.2. The van der Waals surface area contributed by atoms with Gasteiger partial charge < -0.3 is 4.90 Å². The Kier molecular flexibility index (Phi) is 4.29. The second kappa shape index (κ2) is 6.18. The van der Waals surface area contributed by atoms with Crippen LogP contribution in [0.4, 0.5) is 0 Å². The first-order valence-electron chi connectivity index (χ1n) is 8.12.